The van der Waals surface area contributed by atoms with Crippen molar-refractivity contribution in [1.29, 1.82) is 0 Å². The lowest BCUT2D eigenvalue weighted by molar-refractivity contribution is -0.141. The average molecular weight is 290 g/mol. The standard InChI is InChI=1S/C15H18N2O4/c1-9(2)17-12(18)8-11(14(17)19)16-13(15(20)21)10-6-4-3-5-7-10/h3-7,9,11,13,16H,8H2,1-2H3,(H,20,21). The third-order valence-electron chi connectivity index (χ3n) is 3.45. The number of carbonyl (C=O) groups is 3. The first-order valence-electron chi connectivity index (χ1n) is 6.81. The Morgan fingerprint density at radius 3 is 2.38 bits per heavy atom. The summed E-state index contributed by atoms with van der Waals surface area (Å²) in [5.41, 5.74) is 0.549. The van der Waals surface area contributed by atoms with E-state index in [-0.39, 0.29) is 24.3 Å². The third kappa shape index (κ3) is 3.11. The molecule has 1 heterocycles. The number of aliphatic carboxylic acids is 1. The number of imide groups is 1. The molecule has 21 heavy (non-hydrogen) atoms. The summed E-state index contributed by atoms with van der Waals surface area (Å²) in [5.74, 6) is -1.72. The number of benzene rings is 1. The molecule has 0 radical (unpaired) electrons. The number of carboxylic acids is 1. The van der Waals surface area contributed by atoms with E-state index in [1.165, 1.54) is 4.90 Å². The predicted molar refractivity (Wildman–Crippen MR) is 75.3 cm³/mol. The Hall–Kier alpha value is -2.21. The van der Waals surface area contributed by atoms with Crippen LogP contribution in [0, 0.1) is 0 Å². The zero-order chi connectivity index (χ0) is 15.6. The van der Waals surface area contributed by atoms with Crippen LogP contribution < -0.4 is 5.32 Å². The van der Waals surface area contributed by atoms with Crippen molar-refractivity contribution in [2.75, 3.05) is 0 Å². The summed E-state index contributed by atoms with van der Waals surface area (Å²) in [6.07, 6.45) is -0.00632. The number of rotatable bonds is 5. The summed E-state index contributed by atoms with van der Waals surface area (Å²) in [7, 11) is 0. The van der Waals surface area contributed by atoms with Crippen LogP contribution in [0.4, 0.5) is 0 Å². The van der Waals surface area contributed by atoms with Gasteiger partial charge in [-0.2, -0.15) is 0 Å². The van der Waals surface area contributed by atoms with Gasteiger partial charge in [0.25, 0.3) is 0 Å². The zero-order valence-electron chi connectivity index (χ0n) is 11.9. The Labute approximate surface area is 122 Å². The minimum absolute atomic E-state index is 0.00632. The molecule has 2 atom stereocenters. The molecule has 1 aromatic rings. The van der Waals surface area contributed by atoms with E-state index in [2.05, 4.69) is 5.32 Å². The molecule has 0 aromatic heterocycles. The van der Waals surface area contributed by atoms with Crippen LogP contribution >= 0.6 is 0 Å². The van der Waals surface area contributed by atoms with Gasteiger partial charge in [-0.05, 0) is 19.4 Å². The molecule has 2 rings (SSSR count). The van der Waals surface area contributed by atoms with Crippen molar-refractivity contribution < 1.29 is 19.5 Å². The van der Waals surface area contributed by atoms with Gasteiger partial charge in [0.1, 0.15) is 6.04 Å². The van der Waals surface area contributed by atoms with Crippen molar-refractivity contribution in [1.82, 2.24) is 10.2 Å². The van der Waals surface area contributed by atoms with Crippen LogP contribution in [-0.4, -0.2) is 39.9 Å². The number of amides is 2. The molecular weight excluding hydrogens is 272 g/mol. The molecule has 2 amide bonds. The van der Waals surface area contributed by atoms with Crippen molar-refractivity contribution in [2.24, 2.45) is 0 Å². The minimum atomic E-state index is -1.08. The number of hydrogen-bond acceptors (Lipinski definition) is 4. The summed E-state index contributed by atoms with van der Waals surface area (Å²) in [6.45, 7) is 3.51. The summed E-state index contributed by atoms with van der Waals surface area (Å²) >= 11 is 0. The Balaban J connectivity index is 2.18. The van der Waals surface area contributed by atoms with Gasteiger partial charge in [0.15, 0.2) is 0 Å². The van der Waals surface area contributed by atoms with Gasteiger partial charge in [0, 0.05) is 6.04 Å². The Morgan fingerprint density at radius 2 is 1.90 bits per heavy atom. The predicted octanol–water partition coefficient (Wildman–Crippen LogP) is 0.938. The van der Waals surface area contributed by atoms with E-state index in [9.17, 15) is 19.5 Å². The number of hydrogen-bond donors (Lipinski definition) is 2. The highest BCUT2D eigenvalue weighted by Gasteiger charge is 2.41. The summed E-state index contributed by atoms with van der Waals surface area (Å²) in [6, 6.07) is 6.57. The molecule has 0 spiro atoms. The maximum atomic E-state index is 12.2. The van der Waals surface area contributed by atoms with Gasteiger partial charge < -0.3 is 5.11 Å². The number of carbonyl (C=O) groups excluding carboxylic acids is 2. The highest BCUT2D eigenvalue weighted by molar-refractivity contribution is 6.06. The van der Waals surface area contributed by atoms with E-state index in [0.29, 0.717) is 5.56 Å². The van der Waals surface area contributed by atoms with Gasteiger partial charge in [-0.3, -0.25) is 24.6 Å². The van der Waals surface area contributed by atoms with Gasteiger partial charge >= 0.3 is 5.97 Å². The van der Waals surface area contributed by atoms with E-state index < -0.39 is 18.1 Å². The van der Waals surface area contributed by atoms with Gasteiger partial charge in [0.2, 0.25) is 11.8 Å². The molecule has 0 aliphatic carbocycles. The molecule has 6 nitrogen and oxygen atoms in total. The third-order valence-corrected chi connectivity index (χ3v) is 3.45. The van der Waals surface area contributed by atoms with Gasteiger partial charge in [-0.1, -0.05) is 30.3 Å². The highest BCUT2D eigenvalue weighted by Crippen LogP contribution is 2.20. The topological polar surface area (TPSA) is 86.7 Å². The van der Waals surface area contributed by atoms with Crippen LogP contribution in [0.1, 0.15) is 31.9 Å². The van der Waals surface area contributed by atoms with E-state index in [1.54, 1.807) is 44.2 Å². The van der Waals surface area contributed by atoms with Crippen molar-refractivity contribution in [3.63, 3.8) is 0 Å². The molecule has 1 aliphatic rings. The quantitative estimate of drug-likeness (QED) is 0.788. The van der Waals surface area contributed by atoms with Gasteiger partial charge in [-0.25, -0.2) is 0 Å². The first kappa shape index (κ1) is 15.2. The summed E-state index contributed by atoms with van der Waals surface area (Å²) < 4.78 is 0. The lowest BCUT2D eigenvalue weighted by atomic mass is 10.1. The second-order valence-electron chi connectivity index (χ2n) is 5.30. The summed E-state index contributed by atoms with van der Waals surface area (Å²) in [5, 5.41) is 12.1. The number of carboxylic acid groups (broad SMARTS) is 1. The molecule has 6 heteroatoms. The van der Waals surface area contributed by atoms with Crippen LogP contribution in [0.15, 0.2) is 30.3 Å². The molecule has 1 fully saturated rings. The highest BCUT2D eigenvalue weighted by atomic mass is 16.4. The maximum absolute atomic E-state index is 12.2. The molecular formula is C15H18N2O4. The second-order valence-corrected chi connectivity index (χ2v) is 5.30. The average Bonchev–Trinajstić information content (AvgIpc) is 2.71. The smallest absolute Gasteiger partial charge is 0.325 e. The number of nitrogens with zero attached hydrogens (tertiary/aromatic N) is 1. The van der Waals surface area contributed by atoms with Crippen LogP contribution in [0.5, 0.6) is 0 Å². The fraction of sp³-hybridized carbons (Fsp3) is 0.400. The van der Waals surface area contributed by atoms with Crippen molar-refractivity contribution in [3.8, 4) is 0 Å². The van der Waals surface area contributed by atoms with Crippen LogP contribution in [0.25, 0.3) is 0 Å². The minimum Gasteiger partial charge on any atom is -0.480 e. The molecule has 1 saturated heterocycles. The van der Waals surface area contributed by atoms with E-state index in [1.807, 2.05) is 0 Å². The first-order valence-corrected chi connectivity index (χ1v) is 6.81. The Kier molecular flexibility index (Phi) is 4.37. The lowest BCUT2D eigenvalue weighted by Crippen LogP contribution is -2.44. The fourth-order valence-electron chi connectivity index (χ4n) is 2.48. The maximum Gasteiger partial charge on any atom is 0.325 e. The van der Waals surface area contributed by atoms with E-state index >= 15 is 0 Å². The Bertz CT molecular complexity index is 556. The van der Waals surface area contributed by atoms with Crippen molar-refractivity contribution >= 4 is 17.8 Å². The van der Waals surface area contributed by atoms with Crippen molar-refractivity contribution in [3.05, 3.63) is 35.9 Å². The molecule has 1 aliphatic heterocycles. The van der Waals surface area contributed by atoms with Crippen LogP contribution in [0.3, 0.4) is 0 Å². The molecule has 2 unspecified atom stereocenters. The molecule has 0 saturated carbocycles. The van der Waals surface area contributed by atoms with Crippen LogP contribution in [0.2, 0.25) is 0 Å². The largest absolute Gasteiger partial charge is 0.480 e. The monoisotopic (exact) mass is 290 g/mol. The van der Waals surface area contributed by atoms with Crippen LogP contribution in [-0.2, 0) is 14.4 Å². The number of likely N-dealkylation sites (tertiary alicyclic amines) is 1. The zero-order valence-corrected chi connectivity index (χ0v) is 11.9. The normalized spacial score (nSPS) is 20.1. The molecule has 112 valence electrons. The van der Waals surface area contributed by atoms with Gasteiger partial charge in [-0.15, -0.1) is 0 Å². The Morgan fingerprint density at radius 1 is 1.29 bits per heavy atom. The first-order chi connectivity index (χ1) is 9.91. The second kappa shape index (κ2) is 6.05. The molecule has 2 N–H and O–H groups in total. The van der Waals surface area contributed by atoms with E-state index in [0.717, 1.165) is 0 Å². The molecule has 1 aromatic carbocycles. The number of nitrogens with one attached hydrogen (secondary N) is 1. The van der Waals surface area contributed by atoms with Gasteiger partial charge in [0.05, 0.1) is 12.5 Å². The van der Waals surface area contributed by atoms with Crippen molar-refractivity contribution in [2.45, 2.75) is 38.4 Å². The molecule has 0 bridgehead atoms. The lowest BCUT2D eigenvalue weighted by Gasteiger charge is -2.21. The fourth-order valence-corrected chi connectivity index (χ4v) is 2.48. The SMILES string of the molecule is CC(C)N1C(=O)CC(NC(C(=O)O)c2ccccc2)C1=O. The van der Waals surface area contributed by atoms with E-state index in [4.69, 9.17) is 0 Å². The summed E-state index contributed by atoms with van der Waals surface area (Å²) in [4.78, 5) is 36.6.